The van der Waals surface area contributed by atoms with Crippen molar-refractivity contribution in [1.82, 2.24) is 0 Å². The zero-order valence-corrected chi connectivity index (χ0v) is 11.1. The molecule has 0 saturated carbocycles. The Balaban J connectivity index is 0. The second-order valence-electron chi connectivity index (χ2n) is 3.16. The van der Waals surface area contributed by atoms with Crippen LogP contribution in [0.1, 0.15) is 19.4 Å². The average Bonchev–Trinajstić information content (AvgIpc) is 2.14. The summed E-state index contributed by atoms with van der Waals surface area (Å²) in [5, 5.41) is 0. The highest BCUT2D eigenvalue weighted by Gasteiger charge is 2.05. The summed E-state index contributed by atoms with van der Waals surface area (Å²) in [7, 11) is 0. The van der Waals surface area contributed by atoms with Crippen molar-refractivity contribution < 1.29 is 0 Å². The summed E-state index contributed by atoms with van der Waals surface area (Å²) < 4.78 is 0. The topological polar surface area (TPSA) is 29.3 Å². The van der Waals surface area contributed by atoms with Gasteiger partial charge in [0.15, 0.2) is 0 Å². The predicted molar refractivity (Wildman–Crippen MR) is 73.6 cm³/mol. The van der Waals surface area contributed by atoms with E-state index in [1.807, 2.05) is 12.1 Å². The van der Waals surface area contributed by atoms with Gasteiger partial charge in [0.2, 0.25) is 0 Å². The van der Waals surface area contributed by atoms with Crippen molar-refractivity contribution in [3.8, 4) is 0 Å². The van der Waals surface area contributed by atoms with Crippen LogP contribution < -0.4 is 10.6 Å². The number of nitrogens with two attached hydrogens (primary N) is 1. The van der Waals surface area contributed by atoms with Gasteiger partial charge in [-0.2, -0.15) is 0 Å². The zero-order chi connectivity index (χ0) is 9.84. The van der Waals surface area contributed by atoms with Crippen LogP contribution in [0.5, 0.6) is 0 Å². The van der Waals surface area contributed by atoms with Crippen LogP contribution in [0, 0.1) is 6.92 Å². The second kappa shape index (κ2) is 7.66. The standard InChI is InChI=1S/C11H18N2.2ClH/c1-4-13(5-2)11-8-6-7-10(12)9(11)3;;/h6-8H,4-5,12H2,1-3H3;2*1H. The molecule has 15 heavy (non-hydrogen) atoms. The number of rotatable bonds is 3. The molecular formula is C11H20Cl2N2. The van der Waals surface area contributed by atoms with Crippen molar-refractivity contribution in [1.29, 1.82) is 0 Å². The third kappa shape index (κ3) is 3.80. The van der Waals surface area contributed by atoms with Gasteiger partial charge in [0.1, 0.15) is 0 Å². The molecule has 1 rings (SSSR count). The quantitative estimate of drug-likeness (QED) is 0.835. The number of nitrogens with zero attached hydrogens (tertiary/aromatic N) is 1. The molecule has 4 heteroatoms. The Labute approximate surface area is 105 Å². The summed E-state index contributed by atoms with van der Waals surface area (Å²) in [6.07, 6.45) is 0. The lowest BCUT2D eigenvalue weighted by atomic mass is 10.1. The van der Waals surface area contributed by atoms with Crippen molar-refractivity contribution in [2.75, 3.05) is 23.7 Å². The average molecular weight is 251 g/mol. The number of anilines is 2. The minimum atomic E-state index is 0. The fourth-order valence-electron chi connectivity index (χ4n) is 1.55. The third-order valence-corrected chi connectivity index (χ3v) is 2.45. The van der Waals surface area contributed by atoms with Gasteiger partial charge in [-0.1, -0.05) is 6.07 Å². The van der Waals surface area contributed by atoms with Gasteiger partial charge in [-0.25, -0.2) is 0 Å². The first kappa shape index (κ1) is 16.8. The van der Waals surface area contributed by atoms with Crippen LogP contribution in [0.25, 0.3) is 0 Å². The molecule has 0 aliphatic carbocycles. The molecule has 0 aromatic heterocycles. The molecule has 2 N–H and O–H groups in total. The summed E-state index contributed by atoms with van der Waals surface area (Å²) in [4.78, 5) is 2.31. The molecule has 0 aliphatic heterocycles. The largest absolute Gasteiger partial charge is 0.398 e. The van der Waals surface area contributed by atoms with Crippen LogP contribution in [0.3, 0.4) is 0 Å². The van der Waals surface area contributed by atoms with E-state index in [2.05, 4.69) is 31.7 Å². The first-order chi connectivity index (χ1) is 6.20. The fourth-order valence-corrected chi connectivity index (χ4v) is 1.55. The summed E-state index contributed by atoms with van der Waals surface area (Å²) in [5.41, 5.74) is 9.16. The fraction of sp³-hybridized carbons (Fsp3) is 0.455. The number of benzene rings is 1. The van der Waals surface area contributed by atoms with Gasteiger partial charge in [0, 0.05) is 24.5 Å². The molecule has 0 saturated heterocycles. The molecule has 0 unspecified atom stereocenters. The first-order valence-corrected chi connectivity index (χ1v) is 4.80. The van der Waals surface area contributed by atoms with E-state index in [1.54, 1.807) is 0 Å². The summed E-state index contributed by atoms with van der Waals surface area (Å²) in [5.74, 6) is 0. The monoisotopic (exact) mass is 250 g/mol. The Morgan fingerprint density at radius 3 is 2.13 bits per heavy atom. The molecule has 0 radical (unpaired) electrons. The summed E-state index contributed by atoms with van der Waals surface area (Å²) >= 11 is 0. The summed E-state index contributed by atoms with van der Waals surface area (Å²) in [6, 6.07) is 6.08. The molecule has 0 spiro atoms. The predicted octanol–water partition coefficient (Wildman–Crippen LogP) is 3.27. The van der Waals surface area contributed by atoms with Gasteiger partial charge in [0.25, 0.3) is 0 Å². The smallest absolute Gasteiger partial charge is 0.0416 e. The highest BCUT2D eigenvalue weighted by atomic mass is 35.5. The second-order valence-corrected chi connectivity index (χ2v) is 3.16. The molecule has 0 fully saturated rings. The number of halogens is 2. The Kier molecular flexibility index (Phi) is 8.59. The minimum absolute atomic E-state index is 0. The Morgan fingerprint density at radius 1 is 1.13 bits per heavy atom. The Morgan fingerprint density at radius 2 is 1.67 bits per heavy atom. The van der Waals surface area contributed by atoms with Crippen molar-refractivity contribution in [3.63, 3.8) is 0 Å². The molecule has 1 aromatic carbocycles. The lowest BCUT2D eigenvalue weighted by Gasteiger charge is -2.23. The minimum Gasteiger partial charge on any atom is -0.398 e. The van der Waals surface area contributed by atoms with E-state index in [1.165, 1.54) is 11.3 Å². The first-order valence-electron chi connectivity index (χ1n) is 4.80. The van der Waals surface area contributed by atoms with E-state index in [0.29, 0.717) is 0 Å². The third-order valence-electron chi connectivity index (χ3n) is 2.45. The van der Waals surface area contributed by atoms with E-state index >= 15 is 0 Å². The molecular weight excluding hydrogens is 231 g/mol. The van der Waals surface area contributed by atoms with Crippen LogP contribution in [-0.4, -0.2) is 13.1 Å². The maximum atomic E-state index is 5.84. The molecule has 2 nitrogen and oxygen atoms in total. The lowest BCUT2D eigenvalue weighted by Crippen LogP contribution is -2.22. The number of hydrogen-bond donors (Lipinski definition) is 1. The molecule has 0 atom stereocenters. The molecule has 0 bridgehead atoms. The Hall–Kier alpha value is -0.600. The van der Waals surface area contributed by atoms with E-state index in [9.17, 15) is 0 Å². The van der Waals surface area contributed by atoms with Gasteiger partial charge in [-0.05, 0) is 38.5 Å². The van der Waals surface area contributed by atoms with Gasteiger partial charge in [-0.3, -0.25) is 0 Å². The normalized spacial score (nSPS) is 8.73. The van der Waals surface area contributed by atoms with Crippen molar-refractivity contribution >= 4 is 36.2 Å². The zero-order valence-electron chi connectivity index (χ0n) is 9.49. The van der Waals surface area contributed by atoms with Crippen LogP contribution in [0.15, 0.2) is 18.2 Å². The molecule has 88 valence electrons. The highest BCUT2D eigenvalue weighted by Crippen LogP contribution is 2.24. The van der Waals surface area contributed by atoms with E-state index in [-0.39, 0.29) is 24.8 Å². The Bertz CT molecular complexity index is 286. The summed E-state index contributed by atoms with van der Waals surface area (Å²) in [6.45, 7) is 8.45. The van der Waals surface area contributed by atoms with Gasteiger partial charge < -0.3 is 10.6 Å². The van der Waals surface area contributed by atoms with Gasteiger partial charge in [0.05, 0.1) is 0 Å². The van der Waals surface area contributed by atoms with Crippen molar-refractivity contribution in [2.45, 2.75) is 20.8 Å². The van der Waals surface area contributed by atoms with Crippen molar-refractivity contribution in [2.24, 2.45) is 0 Å². The molecule has 0 amide bonds. The maximum absolute atomic E-state index is 5.84. The number of hydrogen-bond acceptors (Lipinski definition) is 2. The molecule has 0 heterocycles. The maximum Gasteiger partial charge on any atom is 0.0416 e. The number of nitrogen functional groups attached to an aromatic ring is 1. The van der Waals surface area contributed by atoms with E-state index in [0.717, 1.165) is 18.8 Å². The van der Waals surface area contributed by atoms with Crippen LogP contribution in [-0.2, 0) is 0 Å². The highest BCUT2D eigenvalue weighted by molar-refractivity contribution is 5.85. The van der Waals surface area contributed by atoms with Crippen molar-refractivity contribution in [3.05, 3.63) is 23.8 Å². The van der Waals surface area contributed by atoms with Crippen LogP contribution in [0.2, 0.25) is 0 Å². The van der Waals surface area contributed by atoms with E-state index in [4.69, 9.17) is 5.73 Å². The van der Waals surface area contributed by atoms with Crippen LogP contribution >= 0.6 is 24.8 Å². The van der Waals surface area contributed by atoms with E-state index < -0.39 is 0 Å². The van der Waals surface area contributed by atoms with Gasteiger partial charge >= 0.3 is 0 Å². The molecule has 1 aromatic rings. The lowest BCUT2D eigenvalue weighted by molar-refractivity contribution is 0.862. The molecule has 0 aliphatic rings. The van der Waals surface area contributed by atoms with Gasteiger partial charge in [-0.15, -0.1) is 24.8 Å². The SMILES string of the molecule is CCN(CC)c1cccc(N)c1C.Cl.Cl. The van der Waals surface area contributed by atoms with Crippen LogP contribution in [0.4, 0.5) is 11.4 Å².